The quantitative estimate of drug-likeness (QED) is 0.610. The van der Waals surface area contributed by atoms with Crippen LogP contribution in [0.5, 0.6) is 0 Å². The number of anilines is 1. The first-order chi connectivity index (χ1) is 11.7. The molecule has 6 nitrogen and oxygen atoms in total. The average Bonchev–Trinajstić information content (AvgIpc) is 2.62. The van der Waals surface area contributed by atoms with E-state index in [-0.39, 0.29) is 0 Å². The van der Waals surface area contributed by atoms with Crippen molar-refractivity contribution in [1.29, 1.82) is 10.5 Å². The maximum absolute atomic E-state index is 8.77. The Kier molecular flexibility index (Phi) is 6.61. The molecule has 2 aromatic heterocycles. The highest BCUT2D eigenvalue weighted by Gasteiger charge is 2.09. The van der Waals surface area contributed by atoms with E-state index in [4.69, 9.17) is 16.4 Å². The summed E-state index contributed by atoms with van der Waals surface area (Å²) in [6, 6.07) is 4.12. The maximum Gasteiger partial charge on any atom is 0.146 e. The number of aryl methyl sites for hydroxylation is 1. The van der Waals surface area contributed by atoms with Crippen LogP contribution in [-0.4, -0.2) is 9.97 Å². The van der Waals surface area contributed by atoms with Gasteiger partial charge < -0.3 is 5.43 Å². The van der Waals surface area contributed by atoms with Crippen LogP contribution in [0.15, 0.2) is 0 Å². The fourth-order valence-corrected chi connectivity index (χ4v) is 2.34. The third kappa shape index (κ3) is 4.12. The standard InChI is InChI=1S/C10H12N2.C9H12N4/c1-6-7(2)9(4)12-10(5-11)8(6)3;1-5-6(2)8(4-10)12-9(13-11)7(5)3/h1-4H3;11H2,1-3H3,(H,12,13). The Labute approximate surface area is 149 Å². The van der Waals surface area contributed by atoms with Crippen LogP contribution in [-0.2, 0) is 0 Å². The molecule has 0 aromatic carbocycles. The molecule has 0 aliphatic carbocycles. The molecule has 0 saturated carbocycles. The Balaban J connectivity index is 0.000000251. The Morgan fingerprint density at radius 1 is 0.680 bits per heavy atom. The number of nitrogens with one attached hydrogen (secondary N) is 1. The van der Waals surface area contributed by atoms with E-state index in [0.717, 1.165) is 27.9 Å². The van der Waals surface area contributed by atoms with E-state index in [2.05, 4.69) is 21.5 Å². The van der Waals surface area contributed by atoms with Gasteiger partial charge in [-0.3, -0.25) is 0 Å². The Hall–Kier alpha value is -2.96. The molecule has 0 bridgehead atoms. The van der Waals surface area contributed by atoms with Gasteiger partial charge >= 0.3 is 0 Å². The zero-order valence-electron chi connectivity index (χ0n) is 15.9. The summed E-state index contributed by atoms with van der Waals surface area (Å²) in [4.78, 5) is 8.26. The summed E-state index contributed by atoms with van der Waals surface area (Å²) in [5.41, 5.74) is 10.7. The van der Waals surface area contributed by atoms with E-state index in [1.54, 1.807) is 0 Å². The lowest BCUT2D eigenvalue weighted by Crippen LogP contribution is -2.12. The van der Waals surface area contributed by atoms with Crippen LogP contribution in [0.2, 0.25) is 0 Å². The van der Waals surface area contributed by atoms with Gasteiger partial charge in [0, 0.05) is 5.69 Å². The predicted molar refractivity (Wildman–Crippen MR) is 98.9 cm³/mol. The largest absolute Gasteiger partial charge is 0.308 e. The number of aromatic nitrogens is 2. The molecule has 0 radical (unpaired) electrons. The van der Waals surface area contributed by atoms with Gasteiger partial charge in [-0.2, -0.15) is 10.5 Å². The molecule has 25 heavy (non-hydrogen) atoms. The number of hydrogen-bond acceptors (Lipinski definition) is 6. The van der Waals surface area contributed by atoms with Crippen LogP contribution in [0.25, 0.3) is 0 Å². The number of nitrogens with zero attached hydrogens (tertiary/aromatic N) is 4. The number of rotatable bonds is 1. The van der Waals surface area contributed by atoms with Crippen molar-refractivity contribution in [3.8, 4) is 12.1 Å². The Bertz CT molecular complexity index is 885. The minimum absolute atomic E-state index is 0.427. The lowest BCUT2D eigenvalue weighted by Gasteiger charge is -2.10. The predicted octanol–water partition coefficient (Wildman–Crippen LogP) is 3.35. The summed E-state index contributed by atoms with van der Waals surface area (Å²) < 4.78 is 0. The first-order valence-corrected chi connectivity index (χ1v) is 7.88. The van der Waals surface area contributed by atoms with E-state index in [1.165, 1.54) is 11.1 Å². The molecule has 0 saturated heterocycles. The van der Waals surface area contributed by atoms with E-state index in [1.807, 2.05) is 54.5 Å². The molecular formula is C19H24N6. The molecule has 130 valence electrons. The Morgan fingerprint density at radius 2 is 1.12 bits per heavy atom. The van der Waals surface area contributed by atoms with E-state index in [9.17, 15) is 0 Å². The summed E-state index contributed by atoms with van der Waals surface area (Å²) in [5.74, 6) is 5.84. The maximum atomic E-state index is 8.77. The molecule has 0 amide bonds. The monoisotopic (exact) mass is 336 g/mol. The van der Waals surface area contributed by atoms with Crippen LogP contribution in [0, 0.1) is 71.1 Å². The SMILES string of the molecule is Cc1c(C#N)nc(NN)c(C)c1C.Cc1nc(C#N)c(C)c(C)c1C. The van der Waals surface area contributed by atoms with E-state index < -0.39 is 0 Å². The first kappa shape index (κ1) is 20.1. The van der Waals surface area contributed by atoms with Crippen LogP contribution < -0.4 is 11.3 Å². The fourth-order valence-electron chi connectivity index (χ4n) is 2.34. The highest BCUT2D eigenvalue weighted by atomic mass is 15.2. The number of pyridine rings is 2. The summed E-state index contributed by atoms with van der Waals surface area (Å²) in [7, 11) is 0. The highest BCUT2D eigenvalue weighted by Crippen LogP contribution is 2.20. The molecule has 0 atom stereocenters. The van der Waals surface area contributed by atoms with Crippen molar-refractivity contribution in [3.05, 3.63) is 50.5 Å². The van der Waals surface area contributed by atoms with Crippen LogP contribution in [0.3, 0.4) is 0 Å². The summed E-state index contributed by atoms with van der Waals surface area (Å²) in [6.07, 6.45) is 0. The molecular weight excluding hydrogens is 312 g/mol. The van der Waals surface area contributed by atoms with Crippen LogP contribution >= 0.6 is 0 Å². The van der Waals surface area contributed by atoms with Gasteiger partial charge in [-0.15, -0.1) is 0 Å². The molecule has 3 N–H and O–H groups in total. The van der Waals surface area contributed by atoms with Gasteiger partial charge in [0.05, 0.1) is 0 Å². The molecule has 0 unspecified atom stereocenters. The third-order valence-electron chi connectivity index (χ3n) is 4.71. The number of hydrazine groups is 1. The van der Waals surface area contributed by atoms with Gasteiger partial charge in [0.1, 0.15) is 29.3 Å². The molecule has 2 heterocycles. The highest BCUT2D eigenvalue weighted by molar-refractivity contribution is 5.53. The second kappa shape index (κ2) is 8.23. The number of nitriles is 2. The lowest BCUT2D eigenvalue weighted by molar-refractivity contribution is 1.06. The van der Waals surface area contributed by atoms with Gasteiger partial charge in [0.15, 0.2) is 0 Å². The minimum Gasteiger partial charge on any atom is -0.308 e. The van der Waals surface area contributed by atoms with E-state index in [0.29, 0.717) is 17.2 Å². The van der Waals surface area contributed by atoms with Crippen LogP contribution in [0.4, 0.5) is 5.82 Å². The fraction of sp³-hybridized carbons (Fsp3) is 0.368. The lowest BCUT2D eigenvalue weighted by atomic mass is 10.0. The zero-order valence-corrected chi connectivity index (χ0v) is 15.9. The van der Waals surface area contributed by atoms with Gasteiger partial charge in [-0.1, -0.05) is 0 Å². The van der Waals surface area contributed by atoms with Gasteiger partial charge in [0.2, 0.25) is 0 Å². The van der Waals surface area contributed by atoms with Crippen molar-refractivity contribution in [2.45, 2.75) is 48.5 Å². The van der Waals surface area contributed by atoms with Gasteiger partial charge in [-0.05, 0) is 81.8 Å². The van der Waals surface area contributed by atoms with E-state index >= 15 is 0 Å². The second-order valence-electron chi connectivity index (χ2n) is 5.97. The van der Waals surface area contributed by atoms with Gasteiger partial charge in [-0.25, -0.2) is 15.8 Å². The second-order valence-corrected chi connectivity index (χ2v) is 5.97. The van der Waals surface area contributed by atoms with Crippen molar-refractivity contribution in [3.63, 3.8) is 0 Å². The normalized spacial score (nSPS) is 9.52. The smallest absolute Gasteiger partial charge is 0.146 e. The minimum atomic E-state index is 0.427. The van der Waals surface area contributed by atoms with Crippen molar-refractivity contribution in [2.24, 2.45) is 5.84 Å². The molecule has 6 heteroatoms. The summed E-state index contributed by atoms with van der Waals surface area (Å²) in [5, 5.41) is 17.5. The number of hydrogen-bond donors (Lipinski definition) is 2. The molecule has 2 rings (SSSR count). The third-order valence-corrected chi connectivity index (χ3v) is 4.71. The number of nitrogen functional groups attached to an aromatic ring is 1. The zero-order chi connectivity index (χ0) is 19.3. The van der Waals surface area contributed by atoms with Crippen molar-refractivity contribution < 1.29 is 0 Å². The Morgan fingerprint density at radius 3 is 1.56 bits per heavy atom. The summed E-state index contributed by atoms with van der Waals surface area (Å²) in [6.45, 7) is 13.7. The molecule has 0 aliphatic rings. The average molecular weight is 336 g/mol. The number of nitrogens with two attached hydrogens (primary N) is 1. The van der Waals surface area contributed by atoms with Crippen molar-refractivity contribution in [1.82, 2.24) is 9.97 Å². The molecule has 0 spiro atoms. The summed E-state index contributed by atoms with van der Waals surface area (Å²) >= 11 is 0. The van der Waals surface area contributed by atoms with Crippen molar-refractivity contribution in [2.75, 3.05) is 5.43 Å². The van der Waals surface area contributed by atoms with Crippen LogP contribution in [0.1, 0.15) is 50.5 Å². The molecule has 0 fully saturated rings. The van der Waals surface area contributed by atoms with Gasteiger partial charge in [0.25, 0.3) is 0 Å². The first-order valence-electron chi connectivity index (χ1n) is 7.88. The topological polar surface area (TPSA) is 111 Å². The molecule has 2 aromatic rings. The van der Waals surface area contributed by atoms with Crippen molar-refractivity contribution >= 4 is 5.82 Å². The molecule has 0 aliphatic heterocycles.